The van der Waals surface area contributed by atoms with Crippen LogP contribution in [0.15, 0.2) is 0 Å². The number of carbonyl (C=O) groups is 1. The largest absolute Gasteiger partial charge is 0.351 e. The number of hydrogen-bond donors (Lipinski definition) is 2. The zero-order valence-corrected chi connectivity index (χ0v) is 11.2. The van der Waals surface area contributed by atoms with Gasteiger partial charge in [-0.3, -0.25) is 4.79 Å². The highest BCUT2D eigenvalue weighted by molar-refractivity contribution is 5.86. The van der Waals surface area contributed by atoms with Gasteiger partial charge < -0.3 is 11.1 Å². The maximum absolute atomic E-state index is 12.2. The smallest absolute Gasteiger partial charge is 0.240 e. The number of rotatable bonds is 4. The van der Waals surface area contributed by atoms with Crippen LogP contribution in [0.2, 0.25) is 0 Å². The van der Waals surface area contributed by atoms with E-state index in [4.69, 9.17) is 5.73 Å². The third kappa shape index (κ3) is 2.82. The van der Waals surface area contributed by atoms with Crippen LogP contribution in [0.25, 0.3) is 0 Å². The topological polar surface area (TPSA) is 55.1 Å². The van der Waals surface area contributed by atoms with Crippen LogP contribution in [0, 0.1) is 11.8 Å². The lowest BCUT2D eigenvalue weighted by Crippen LogP contribution is -2.57. The molecule has 2 fully saturated rings. The Labute approximate surface area is 105 Å². The first kappa shape index (κ1) is 12.9. The van der Waals surface area contributed by atoms with Gasteiger partial charge in [-0.2, -0.15) is 0 Å². The Kier molecular flexibility index (Phi) is 3.76. The molecule has 3 unspecified atom stereocenters. The zero-order chi connectivity index (χ0) is 12.5. The third-order valence-electron chi connectivity index (χ3n) is 4.66. The van der Waals surface area contributed by atoms with Crippen LogP contribution in [-0.2, 0) is 4.79 Å². The van der Waals surface area contributed by atoms with Gasteiger partial charge in [-0.15, -0.1) is 0 Å². The molecule has 0 radical (unpaired) electrons. The molecule has 2 aliphatic carbocycles. The first-order valence-electron chi connectivity index (χ1n) is 7.15. The summed E-state index contributed by atoms with van der Waals surface area (Å²) in [5.41, 5.74) is 5.51. The summed E-state index contributed by atoms with van der Waals surface area (Å²) in [6, 6.07) is 0.364. The Bertz CT molecular complexity index is 284. The van der Waals surface area contributed by atoms with Gasteiger partial charge in [-0.1, -0.05) is 26.2 Å². The summed E-state index contributed by atoms with van der Waals surface area (Å²) in [5, 5.41) is 3.22. The molecule has 17 heavy (non-hydrogen) atoms. The second-order valence-corrected chi connectivity index (χ2v) is 6.09. The van der Waals surface area contributed by atoms with Crippen LogP contribution in [-0.4, -0.2) is 17.5 Å². The molecular weight excluding hydrogens is 212 g/mol. The molecule has 2 rings (SSSR count). The van der Waals surface area contributed by atoms with Crippen molar-refractivity contribution in [3.05, 3.63) is 0 Å². The Balaban J connectivity index is 1.92. The van der Waals surface area contributed by atoms with Crippen molar-refractivity contribution in [3.63, 3.8) is 0 Å². The van der Waals surface area contributed by atoms with E-state index in [-0.39, 0.29) is 5.91 Å². The van der Waals surface area contributed by atoms with Gasteiger partial charge >= 0.3 is 0 Å². The molecule has 2 saturated carbocycles. The summed E-state index contributed by atoms with van der Waals surface area (Å²) in [4.78, 5) is 12.2. The Hall–Kier alpha value is -0.570. The van der Waals surface area contributed by atoms with E-state index in [0.717, 1.165) is 25.7 Å². The number of nitrogens with one attached hydrogen (secondary N) is 1. The molecule has 0 aromatic carbocycles. The van der Waals surface area contributed by atoms with E-state index in [1.807, 2.05) is 6.92 Å². The van der Waals surface area contributed by atoms with Crippen LogP contribution < -0.4 is 11.1 Å². The van der Waals surface area contributed by atoms with E-state index >= 15 is 0 Å². The molecular formula is C14H26N2O. The zero-order valence-electron chi connectivity index (χ0n) is 11.2. The van der Waals surface area contributed by atoms with Gasteiger partial charge in [-0.25, -0.2) is 0 Å². The molecule has 3 N–H and O–H groups in total. The standard InChI is InChI=1S/C14H26N2O/c1-3-10-6-4-5-7-12(10)16-13(17)14(2,15)11-8-9-11/h10-12H,3-9,15H2,1-2H3,(H,16,17). The molecule has 0 aliphatic heterocycles. The van der Waals surface area contributed by atoms with Crippen molar-refractivity contribution in [1.82, 2.24) is 5.32 Å². The molecule has 1 amide bonds. The van der Waals surface area contributed by atoms with E-state index in [1.54, 1.807) is 0 Å². The number of carbonyl (C=O) groups excluding carboxylic acids is 1. The van der Waals surface area contributed by atoms with E-state index in [1.165, 1.54) is 19.3 Å². The first-order valence-corrected chi connectivity index (χ1v) is 7.15. The van der Waals surface area contributed by atoms with Crippen molar-refractivity contribution in [1.29, 1.82) is 0 Å². The second-order valence-electron chi connectivity index (χ2n) is 6.09. The van der Waals surface area contributed by atoms with Crippen LogP contribution in [0.4, 0.5) is 0 Å². The fraction of sp³-hybridized carbons (Fsp3) is 0.929. The van der Waals surface area contributed by atoms with Crippen molar-refractivity contribution in [2.24, 2.45) is 17.6 Å². The predicted octanol–water partition coefficient (Wildman–Crippen LogP) is 2.20. The van der Waals surface area contributed by atoms with E-state index in [2.05, 4.69) is 12.2 Å². The van der Waals surface area contributed by atoms with E-state index in [0.29, 0.717) is 17.9 Å². The summed E-state index contributed by atoms with van der Waals surface area (Å²) < 4.78 is 0. The molecule has 3 heteroatoms. The summed E-state index contributed by atoms with van der Waals surface area (Å²) in [6.07, 6.45) is 8.33. The monoisotopic (exact) mass is 238 g/mol. The van der Waals surface area contributed by atoms with Crippen LogP contribution in [0.1, 0.15) is 58.8 Å². The summed E-state index contributed by atoms with van der Waals surface area (Å²) in [7, 11) is 0. The van der Waals surface area contributed by atoms with Gasteiger partial charge in [0.2, 0.25) is 5.91 Å². The maximum atomic E-state index is 12.2. The molecule has 3 nitrogen and oxygen atoms in total. The SMILES string of the molecule is CCC1CCCCC1NC(=O)C(C)(N)C1CC1. The van der Waals surface area contributed by atoms with Crippen LogP contribution in [0.5, 0.6) is 0 Å². The Morgan fingerprint density at radius 3 is 2.53 bits per heavy atom. The Morgan fingerprint density at radius 1 is 1.29 bits per heavy atom. The minimum atomic E-state index is -0.643. The van der Waals surface area contributed by atoms with Crippen LogP contribution in [0.3, 0.4) is 0 Å². The van der Waals surface area contributed by atoms with Gasteiger partial charge in [0.1, 0.15) is 0 Å². The van der Waals surface area contributed by atoms with E-state index < -0.39 is 5.54 Å². The van der Waals surface area contributed by atoms with Gasteiger partial charge in [0.25, 0.3) is 0 Å². The Morgan fingerprint density at radius 2 is 1.94 bits per heavy atom. The first-order chi connectivity index (χ1) is 8.05. The molecule has 0 aromatic rings. The summed E-state index contributed by atoms with van der Waals surface area (Å²) >= 11 is 0. The third-order valence-corrected chi connectivity index (χ3v) is 4.66. The molecule has 0 saturated heterocycles. The lowest BCUT2D eigenvalue weighted by molar-refractivity contribution is -0.127. The number of nitrogens with two attached hydrogens (primary N) is 1. The van der Waals surface area contributed by atoms with Gasteiger partial charge in [-0.05, 0) is 44.4 Å². The van der Waals surface area contributed by atoms with Gasteiger partial charge in [0.05, 0.1) is 5.54 Å². The molecule has 3 atom stereocenters. The van der Waals surface area contributed by atoms with Crippen LogP contribution >= 0.6 is 0 Å². The molecule has 0 spiro atoms. The second kappa shape index (κ2) is 4.97. The fourth-order valence-electron chi connectivity index (χ4n) is 3.08. The van der Waals surface area contributed by atoms with E-state index in [9.17, 15) is 4.79 Å². The normalized spacial score (nSPS) is 32.9. The minimum absolute atomic E-state index is 0.0744. The maximum Gasteiger partial charge on any atom is 0.240 e. The molecule has 0 bridgehead atoms. The van der Waals surface area contributed by atoms with Crippen molar-refractivity contribution < 1.29 is 4.79 Å². The summed E-state index contributed by atoms with van der Waals surface area (Å²) in [6.45, 7) is 4.11. The predicted molar refractivity (Wildman–Crippen MR) is 69.5 cm³/mol. The molecule has 2 aliphatic rings. The highest BCUT2D eigenvalue weighted by atomic mass is 16.2. The lowest BCUT2D eigenvalue weighted by Gasteiger charge is -2.34. The van der Waals surface area contributed by atoms with Crippen molar-refractivity contribution in [3.8, 4) is 0 Å². The van der Waals surface area contributed by atoms with Crippen molar-refractivity contribution in [2.45, 2.75) is 70.4 Å². The quantitative estimate of drug-likeness (QED) is 0.789. The molecule has 98 valence electrons. The highest BCUT2D eigenvalue weighted by Crippen LogP contribution is 2.38. The lowest BCUT2D eigenvalue weighted by atomic mass is 9.82. The fourth-order valence-corrected chi connectivity index (χ4v) is 3.08. The van der Waals surface area contributed by atoms with Crippen molar-refractivity contribution in [2.75, 3.05) is 0 Å². The molecule has 0 heterocycles. The number of amides is 1. The minimum Gasteiger partial charge on any atom is -0.351 e. The summed E-state index contributed by atoms with van der Waals surface area (Å²) in [5.74, 6) is 1.14. The average molecular weight is 238 g/mol. The molecule has 0 aromatic heterocycles. The average Bonchev–Trinajstić information content (AvgIpc) is 3.13. The highest BCUT2D eigenvalue weighted by Gasteiger charge is 2.44. The van der Waals surface area contributed by atoms with Gasteiger partial charge in [0.15, 0.2) is 0 Å². The van der Waals surface area contributed by atoms with Gasteiger partial charge in [0, 0.05) is 6.04 Å². The number of hydrogen-bond acceptors (Lipinski definition) is 2. The van der Waals surface area contributed by atoms with Crippen molar-refractivity contribution >= 4 is 5.91 Å².